The van der Waals surface area contributed by atoms with E-state index >= 15 is 0 Å². The van der Waals surface area contributed by atoms with Crippen LogP contribution in [-0.2, 0) is 6.54 Å². The quantitative estimate of drug-likeness (QED) is 0.716. The molecule has 0 saturated carbocycles. The first kappa shape index (κ1) is 12.9. The predicted octanol–water partition coefficient (Wildman–Crippen LogP) is 5.11. The second-order valence-corrected chi connectivity index (χ2v) is 6.84. The highest BCUT2D eigenvalue weighted by Crippen LogP contribution is 2.25. The molecule has 0 aliphatic heterocycles. The number of thiophene rings is 1. The SMILES string of the molecule is C[C@@H](NCc1csc(Br)c1)c1cc2ccccc2o1. The fourth-order valence-corrected chi connectivity index (χ4v) is 3.23. The van der Waals surface area contributed by atoms with Crippen molar-refractivity contribution in [3.8, 4) is 0 Å². The molecule has 3 aromatic rings. The molecule has 1 aromatic carbocycles. The Balaban J connectivity index is 1.71. The highest BCUT2D eigenvalue weighted by molar-refractivity contribution is 9.11. The topological polar surface area (TPSA) is 25.2 Å². The van der Waals surface area contributed by atoms with Crippen LogP contribution in [0.1, 0.15) is 24.3 Å². The average Bonchev–Trinajstić information content (AvgIpc) is 3.01. The Morgan fingerprint density at radius 2 is 2.16 bits per heavy atom. The predicted molar refractivity (Wildman–Crippen MR) is 83.5 cm³/mol. The van der Waals surface area contributed by atoms with Gasteiger partial charge in [-0.2, -0.15) is 0 Å². The van der Waals surface area contributed by atoms with Gasteiger partial charge in [-0.1, -0.05) is 18.2 Å². The molecule has 1 atom stereocenters. The number of benzene rings is 1. The van der Waals surface area contributed by atoms with Gasteiger partial charge in [-0.15, -0.1) is 11.3 Å². The summed E-state index contributed by atoms with van der Waals surface area (Å²) in [5.74, 6) is 0.982. The molecule has 0 radical (unpaired) electrons. The monoisotopic (exact) mass is 335 g/mol. The van der Waals surface area contributed by atoms with Crippen LogP contribution in [0.5, 0.6) is 0 Å². The Hall–Kier alpha value is -1.10. The average molecular weight is 336 g/mol. The minimum absolute atomic E-state index is 0.200. The molecule has 98 valence electrons. The second-order valence-electron chi connectivity index (χ2n) is 4.55. The van der Waals surface area contributed by atoms with Crippen LogP contribution in [0.4, 0.5) is 0 Å². The number of rotatable bonds is 4. The van der Waals surface area contributed by atoms with Gasteiger partial charge in [0.2, 0.25) is 0 Å². The van der Waals surface area contributed by atoms with E-state index in [4.69, 9.17) is 4.42 Å². The summed E-state index contributed by atoms with van der Waals surface area (Å²) in [4.78, 5) is 0. The van der Waals surface area contributed by atoms with Crippen molar-refractivity contribution in [1.82, 2.24) is 5.32 Å². The van der Waals surface area contributed by atoms with Crippen LogP contribution in [0.25, 0.3) is 11.0 Å². The van der Waals surface area contributed by atoms with E-state index in [2.05, 4.69) is 51.7 Å². The number of hydrogen-bond acceptors (Lipinski definition) is 3. The van der Waals surface area contributed by atoms with Crippen LogP contribution in [-0.4, -0.2) is 0 Å². The van der Waals surface area contributed by atoms with Crippen molar-refractivity contribution in [1.29, 1.82) is 0 Å². The summed E-state index contributed by atoms with van der Waals surface area (Å²) in [5.41, 5.74) is 2.24. The van der Waals surface area contributed by atoms with Gasteiger partial charge in [-0.05, 0) is 52.0 Å². The molecule has 0 unspecified atom stereocenters. The van der Waals surface area contributed by atoms with Gasteiger partial charge in [0, 0.05) is 11.9 Å². The Morgan fingerprint density at radius 3 is 2.89 bits per heavy atom. The summed E-state index contributed by atoms with van der Waals surface area (Å²) in [6.45, 7) is 2.97. The molecule has 0 fully saturated rings. The summed E-state index contributed by atoms with van der Waals surface area (Å²) in [6, 6.07) is 12.6. The molecule has 3 rings (SSSR count). The minimum atomic E-state index is 0.200. The van der Waals surface area contributed by atoms with Crippen LogP contribution >= 0.6 is 27.3 Å². The summed E-state index contributed by atoms with van der Waals surface area (Å²) in [5, 5.41) is 6.79. The Morgan fingerprint density at radius 1 is 1.32 bits per heavy atom. The lowest BCUT2D eigenvalue weighted by molar-refractivity contribution is 0.451. The van der Waals surface area contributed by atoms with E-state index in [1.54, 1.807) is 11.3 Å². The van der Waals surface area contributed by atoms with E-state index in [-0.39, 0.29) is 6.04 Å². The van der Waals surface area contributed by atoms with Crippen LogP contribution in [0, 0.1) is 0 Å². The molecular formula is C15H14BrNOS. The Kier molecular flexibility index (Phi) is 3.73. The van der Waals surface area contributed by atoms with Gasteiger partial charge in [-0.3, -0.25) is 0 Å². The molecule has 1 N–H and O–H groups in total. The van der Waals surface area contributed by atoms with E-state index in [0.717, 1.165) is 23.3 Å². The van der Waals surface area contributed by atoms with Crippen molar-refractivity contribution in [3.05, 3.63) is 56.9 Å². The molecule has 0 aliphatic carbocycles. The lowest BCUT2D eigenvalue weighted by Crippen LogP contribution is -2.17. The van der Waals surface area contributed by atoms with Crippen molar-refractivity contribution < 1.29 is 4.42 Å². The molecule has 2 nitrogen and oxygen atoms in total. The van der Waals surface area contributed by atoms with Gasteiger partial charge in [0.25, 0.3) is 0 Å². The number of fused-ring (bicyclic) bond motifs is 1. The molecule has 0 saturated heterocycles. The summed E-state index contributed by atoms with van der Waals surface area (Å²) in [7, 11) is 0. The standard InChI is InChI=1S/C15H14BrNOS/c1-10(17-8-11-6-15(16)19-9-11)14-7-12-4-2-3-5-13(12)18-14/h2-7,9-10,17H,8H2,1H3/t10-/m1/s1. The van der Waals surface area contributed by atoms with E-state index in [0.29, 0.717) is 0 Å². The zero-order valence-electron chi connectivity index (χ0n) is 10.5. The summed E-state index contributed by atoms with van der Waals surface area (Å²) >= 11 is 5.19. The molecular weight excluding hydrogens is 322 g/mol. The smallest absolute Gasteiger partial charge is 0.134 e. The molecule has 2 heterocycles. The van der Waals surface area contributed by atoms with E-state index in [9.17, 15) is 0 Å². The van der Waals surface area contributed by atoms with Crippen LogP contribution in [0.15, 0.2) is 50.0 Å². The van der Waals surface area contributed by atoms with E-state index in [1.165, 1.54) is 9.35 Å². The number of hydrogen-bond donors (Lipinski definition) is 1. The summed E-state index contributed by atoms with van der Waals surface area (Å²) in [6.07, 6.45) is 0. The van der Waals surface area contributed by atoms with Gasteiger partial charge in [0.05, 0.1) is 9.83 Å². The zero-order chi connectivity index (χ0) is 13.2. The highest BCUT2D eigenvalue weighted by atomic mass is 79.9. The number of furan rings is 1. The first-order valence-corrected chi connectivity index (χ1v) is 7.84. The molecule has 0 bridgehead atoms. The fraction of sp³-hybridized carbons (Fsp3) is 0.200. The third-order valence-electron chi connectivity index (χ3n) is 3.11. The first-order valence-electron chi connectivity index (χ1n) is 6.17. The van der Waals surface area contributed by atoms with Gasteiger partial charge >= 0.3 is 0 Å². The van der Waals surface area contributed by atoms with E-state index in [1.807, 2.05) is 18.2 Å². The van der Waals surface area contributed by atoms with Crippen LogP contribution in [0.2, 0.25) is 0 Å². The Bertz CT molecular complexity index is 655. The highest BCUT2D eigenvalue weighted by Gasteiger charge is 2.11. The van der Waals surface area contributed by atoms with Gasteiger partial charge in [0.15, 0.2) is 0 Å². The lowest BCUT2D eigenvalue weighted by Gasteiger charge is -2.09. The third-order valence-corrected chi connectivity index (χ3v) is 4.66. The van der Waals surface area contributed by atoms with Gasteiger partial charge < -0.3 is 9.73 Å². The number of halogens is 1. The maximum Gasteiger partial charge on any atom is 0.134 e. The largest absolute Gasteiger partial charge is 0.459 e. The maximum absolute atomic E-state index is 5.85. The van der Waals surface area contributed by atoms with Crippen molar-refractivity contribution in [2.75, 3.05) is 0 Å². The van der Waals surface area contributed by atoms with Crippen molar-refractivity contribution in [2.45, 2.75) is 19.5 Å². The molecule has 19 heavy (non-hydrogen) atoms. The van der Waals surface area contributed by atoms with Gasteiger partial charge in [0.1, 0.15) is 11.3 Å². The summed E-state index contributed by atoms with van der Waals surface area (Å²) < 4.78 is 7.02. The second kappa shape index (κ2) is 5.49. The van der Waals surface area contributed by atoms with E-state index < -0.39 is 0 Å². The zero-order valence-corrected chi connectivity index (χ0v) is 12.9. The first-order chi connectivity index (χ1) is 9.22. The molecule has 0 spiro atoms. The number of para-hydroxylation sites is 1. The lowest BCUT2D eigenvalue weighted by atomic mass is 10.2. The fourth-order valence-electron chi connectivity index (χ4n) is 2.03. The van der Waals surface area contributed by atoms with Crippen molar-refractivity contribution in [3.63, 3.8) is 0 Å². The van der Waals surface area contributed by atoms with Crippen molar-refractivity contribution >= 4 is 38.2 Å². The van der Waals surface area contributed by atoms with Crippen molar-refractivity contribution in [2.24, 2.45) is 0 Å². The van der Waals surface area contributed by atoms with Crippen LogP contribution in [0.3, 0.4) is 0 Å². The third kappa shape index (κ3) is 2.91. The van der Waals surface area contributed by atoms with Crippen LogP contribution < -0.4 is 5.32 Å². The molecule has 4 heteroatoms. The number of nitrogens with one attached hydrogen (secondary N) is 1. The minimum Gasteiger partial charge on any atom is -0.459 e. The molecule has 2 aromatic heterocycles. The normalized spacial score (nSPS) is 12.9. The molecule has 0 aliphatic rings. The Labute approximate surface area is 124 Å². The maximum atomic E-state index is 5.85. The van der Waals surface area contributed by atoms with Gasteiger partial charge in [-0.25, -0.2) is 0 Å². The molecule has 0 amide bonds.